The Kier molecular flexibility index (Phi) is 5.67. The fourth-order valence-corrected chi connectivity index (χ4v) is 13.6. The van der Waals surface area contributed by atoms with E-state index in [9.17, 15) is 13.4 Å². The van der Waals surface area contributed by atoms with Crippen LogP contribution in [0.15, 0.2) is 0 Å². The Balaban J connectivity index is 5.35. The lowest BCUT2D eigenvalue weighted by atomic mass is 10.3. The van der Waals surface area contributed by atoms with E-state index in [1.54, 1.807) is 33.3 Å². The molecule has 0 N–H and O–H groups in total. The third-order valence-corrected chi connectivity index (χ3v) is 16.5. The molecule has 2 atom stereocenters. The van der Waals surface area contributed by atoms with Crippen LogP contribution in [0.1, 0.15) is 20.8 Å². The van der Waals surface area contributed by atoms with E-state index >= 15 is 0 Å². The molecule has 0 aliphatic rings. The summed E-state index contributed by atoms with van der Waals surface area (Å²) in [5, 5.41) is -0.659. The highest BCUT2D eigenvalue weighted by molar-refractivity contribution is 8.84. The molecule has 0 aromatic rings. The first-order chi connectivity index (χ1) is 6.53. The van der Waals surface area contributed by atoms with Gasteiger partial charge in [-0.1, -0.05) is 20.8 Å². The van der Waals surface area contributed by atoms with Crippen LogP contribution in [0.2, 0.25) is 0 Å². The van der Waals surface area contributed by atoms with Crippen molar-refractivity contribution in [3.8, 4) is 0 Å². The van der Waals surface area contributed by atoms with Crippen LogP contribution in [0.25, 0.3) is 0 Å². The molecular formula is C6H17B2FO2P2S2. The van der Waals surface area contributed by atoms with Crippen molar-refractivity contribution in [2.75, 3.05) is 12.5 Å². The highest BCUT2D eigenvalue weighted by atomic mass is 32.7. The standard InChI is InChI=1S/C6H17B2FO2P2S2/c1-6(2,3)12(10,14-4)8(9)13(7,11)15-5/h7H2,1-5H3. The zero-order valence-electron chi connectivity index (χ0n) is 9.98. The molecule has 0 spiro atoms. The van der Waals surface area contributed by atoms with Crippen LogP contribution < -0.4 is 0 Å². The smallest absolute Gasteiger partial charge is 0.329 e. The van der Waals surface area contributed by atoms with E-state index in [0.29, 0.717) is 0 Å². The molecule has 2 unspecified atom stereocenters. The minimum Gasteiger partial charge on any atom is -0.329 e. The van der Waals surface area contributed by atoms with Gasteiger partial charge in [0.1, 0.15) is 6.10 Å². The SMILES string of the molecule is BP(=O)(SC)B(F)P(=O)(SC)C(C)(C)C. The number of hydrogen-bond donors (Lipinski definition) is 0. The highest BCUT2D eigenvalue weighted by Crippen LogP contribution is 2.78. The highest BCUT2D eigenvalue weighted by Gasteiger charge is 2.54. The van der Waals surface area contributed by atoms with E-state index in [1.807, 2.05) is 0 Å². The molecule has 0 aliphatic heterocycles. The topological polar surface area (TPSA) is 34.1 Å². The minimum atomic E-state index is -3.15. The summed E-state index contributed by atoms with van der Waals surface area (Å²) < 4.78 is 38.6. The zero-order chi connectivity index (χ0) is 12.5. The molecule has 0 fully saturated rings. The molecule has 0 saturated carbocycles. The fourth-order valence-electron chi connectivity index (χ4n) is 1.04. The van der Waals surface area contributed by atoms with Gasteiger partial charge in [0.2, 0.25) is 0 Å². The normalized spacial score (nSPS) is 20.4. The Morgan fingerprint density at radius 3 is 1.80 bits per heavy atom. The molecule has 0 saturated heterocycles. The van der Waals surface area contributed by atoms with Gasteiger partial charge in [-0.3, -0.25) is 0 Å². The summed E-state index contributed by atoms with van der Waals surface area (Å²) in [5.74, 6) is 0. The predicted octanol–water partition coefficient (Wildman–Crippen LogP) is 3.57. The van der Waals surface area contributed by atoms with E-state index in [0.717, 1.165) is 22.8 Å². The quantitative estimate of drug-likeness (QED) is 0.585. The van der Waals surface area contributed by atoms with E-state index < -0.39 is 23.9 Å². The average Bonchev–Trinajstić information content (AvgIpc) is 2.13. The summed E-state index contributed by atoms with van der Waals surface area (Å²) in [6.07, 6.45) is -4.67. The van der Waals surface area contributed by atoms with E-state index in [-0.39, 0.29) is 0 Å². The maximum Gasteiger partial charge on any atom is 0.490 e. The lowest BCUT2D eigenvalue weighted by Crippen LogP contribution is -2.22. The van der Waals surface area contributed by atoms with Gasteiger partial charge in [0.05, 0.1) is 0 Å². The van der Waals surface area contributed by atoms with Crippen molar-refractivity contribution in [1.29, 1.82) is 0 Å². The largest absolute Gasteiger partial charge is 0.490 e. The minimum absolute atomic E-state index is 0.659. The van der Waals surface area contributed by atoms with Crippen LogP contribution >= 0.6 is 35.1 Å². The third kappa shape index (κ3) is 3.34. The van der Waals surface area contributed by atoms with Gasteiger partial charge in [-0.2, -0.15) is 0 Å². The predicted molar refractivity (Wildman–Crippen MR) is 77.4 cm³/mol. The van der Waals surface area contributed by atoms with Crippen LogP contribution in [0, 0.1) is 0 Å². The Morgan fingerprint density at radius 1 is 1.20 bits per heavy atom. The molecule has 0 heterocycles. The van der Waals surface area contributed by atoms with Gasteiger partial charge in [-0.05, 0) is 12.5 Å². The van der Waals surface area contributed by atoms with Crippen molar-refractivity contribution < 1.29 is 13.4 Å². The van der Waals surface area contributed by atoms with Crippen molar-refractivity contribution in [3.63, 3.8) is 0 Å². The lowest BCUT2D eigenvalue weighted by Gasteiger charge is -2.32. The molecule has 9 heteroatoms. The van der Waals surface area contributed by atoms with Crippen LogP contribution in [0.5, 0.6) is 0 Å². The van der Waals surface area contributed by atoms with Gasteiger partial charge in [-0.15, -0.1) is 22.8 Å². The van der Waals surface area contributed by atoms with Gasteiger partial charge < -0.3 is 13.4 Å². The van der Waals surface area contributed by atoms with Gasteiger partial charge in [0.15, 0.2) is 13.8 Å². The number of rotatable bonds is 4. The Hall–Kier alpha value is 1.22. The Bertz CT molecular complexity index is 321. The second kappa shape index (κ2) is 5.25. The van der Waals surface area contributed by atoms with Crippen molar-refractivity contribution in [3.05, 3.63) is 0 Å². The van der Waals surface area contributed by atoms with Crippen LogP contribution in [0.3, 0.4) is 0 Å². The van der Waals surface area contributed by atoms with Crippen LogP contribution in [-0.4, -0.2) is 31.7 Å². The molecule has 88 valence electrons. The summed E-state index contributed by atoms with van der Waals surface area (Å²) in [6.45, 7) is 5.20. The maximum atomic E-state index is 14.2. The lowest BCUT2D eigenvalue weighted by molar-refractivity contribution is 0.568. The summed E-state index contributed by atoms with van der Waals surface area (Å²) in [6, 6.07) is 0. The first-order valence-electron chi connectivity index (χ1n) is 4.45. The molecular weight excluding hydrogens is 271 g/mol. The van der Waals surface area contributed by atoms with Gasteiger partial charge in [0.25, 0.3) is 0 Å². The summed E-state index contributed by atoms with van der Waals surface area (Å²) in [4.78, 5) is 0. The number of halogens is 1. The Labute approximate surface area is 101 Å². The first kappa shape index (κ1) is 16.2. The van der Waals surface area contributed by atoms with Crippen LogP contribution in [0.4, 0.5) is 4.32 Å². The molecule has 0 aromatic heterocycles. The molecule has 0 aromatic carbocycles. The second-order valence-electron chi connectivity index (χ2n) is 4.35. The molecule has 0 bridgehead atoms. The summed E-state index contributed by atoms with van der Waals surface area (Å²) >= 11 is 2.01. The summed E-state index contributed by atoms with van der Waals surface area (Å²) in [7, 11) is 1.37. The molecule has 0 amide bonds. The van der Waals surface area contributed by atoms with Crippen LogP contribution in [-0.2, 0) is 9.13 Å². The maximum absolute atomic E-state index is 14.2. The van der Waals surface area contributed by atoms with Gasteiger partial charge in [-0.25, -0.2) is 0 Å². The first-order valence-corrected chi connectivity index (χ1v) is 12.1. The Morgan fingerprint density at radius 2 is 1.60 bits per heavy atom. The van der Waals surface area contributed by atoms with Crippen molar-refractivity contribution in [2.24, 2.45) is 0 Å². The molecule has 0 radical (unpaired) electrons. The monoisotopic (exact) mass is 288 g/mol. The number of hydrogen-bond acceptors (Lipinski definition) is 4. The molecule has 15 heavy (non-hydrogen) atoms. The molecule has 2 nitrogen and oxygen atoms in total. The molecule has 0 rings (SSSR count). The van der Waals surface area contributed by atoms with Crippen molar-refractivity contribution in [1.82, 2.24) is 0 Å². The summed E-state index contributed by atoms with van der Waals surface area (Å²) in [5.41, 5.74) is 0. The molecule has 0 aliphatic carbocycles. The van der Waals surface area contributed by atoms with E-state index in [2.05, 4.69) is 0 Å². The van der Waals surface area contributed by atoms with Gasteiger partial charge in [0, 0.05) is 5.16 Å². The van der Waals surface area contributed by atoms with E-state index in [4.69, 9.17) is 0 Å². The van der Waals surface area contributed by atoms with Crippen molar-refractivity contribution >= 4 is 49.1 Å². The van der Waals surface area contributed by atoms with Gasteiger partial charge >= 0.3 is 6.43 Å². The van der Waals surface area contributed by atoms with Crippen molar-refractivity contribution in [2.45, 2.75) is 25.9 Å². The average molecular weight is 288 g/mol. The zero-order valence-corrected chi connectivity index (χ0v) is 13.4. The fraction of sp³-hybridized carbons (Fsp3) is 1.00. The third-order valence-electron chi connectivity index (χ3n) is 2.24. The second-order valence-corrected chi connectivity index (χ2v) is 16.7. The van der Waals surface area contributed by atoms with E-state index in [1.165, 1.54) is 7.57 Å².